The molecule has 0 fully saturated rings. The van der Waals surface area contributed by atoms with Gasteiger partial charge in [-0.1, -0.05) is 6.92 Å². The summed E-state index contributed by atoms with van der Waals surface area (Å²) in [7, 11) is 0. The van der Waals surface area contributed by atoms with Gasteiger partial charge in [-0.2, -0.15) is 5.10 Å². The molecule has 0 atom stereocenters. The third-order valence-electron chi connectivity index (χ3n) is 3.41. The van der Waals surface area contributed by atoms with Gasteiger partial charge in [-0.05, 0) is 24.6 Å². The summed E-state index contributed by atoms with van der Waals surface area (Å²) in [4.78, 5) is 8.04. The molecule has 2 heterocycles. The van der Waals surface area contributed by atoms with Crippen molar-refractivity contribution in [2.75, 3.05) is 22.9 Å². The Morgan fingerprint density at radius 2 is 2.30 bits per heavy atom. The predicted molar refractivity (Wildman–Crippen MR) is 82.9 cm³/mol. The molecule has 3 rings (SSSR count). The lowest BCUT2D eigenvalue weighted by atomic mass is 10.2. The Hall–Kier alpha value is -1.69. The minimum absolute atomic E-state index is 0.789. The van der Waals surface area contributed by atoms with Crippen LogP contribution in [0.2, 0.25) is 0 Å². The Morgan fingerprint density at radius 3 is 3.15 bits per heavy atom. The third-order valence-corrected chi connectivity index (χ3v) is 4.45. The van der Waals surface area contributed by atoms with Crippen molar-refractivity contribution in [3.05, 3.63) is 30.4 Å². The minimum Gasteiger partial charge on any atom is -0.399 e. The molecular weight excluding hydrogens is 270 g/mol. The second-order valence-corrected chi connectivity index (χ2v) is 6.03. The van der Waals surface area contributed by atoms with Crippen molar-refractivity contribution in [3.8, 4) is 0 Å². The highest BCUT2D eigenvalue weighted by Crippen LogP contribution is 2.36. The van der Waals surface area contributed by atoms with Gasteiger partial charge in [0.05, 0.1) is 12.2 Å². The van der Waals surface area contributed by atoms with Crippen LogP contribution >= 0.6 is 11.8 Å². The standard InChI is InChI=1S/C14H19N5S/c1-2-5-19-14(16-10-17-19)9-18-6-7-20-13-4-3-11(15)8-12(13)18/h3-4,8,10H,2,5-7,9,15H2,1H3. The van der Waals surface area contributed by atoms with Gasteiger partial charge in [-0.15, -0.1) is 11.8 Å². The number of hydrogen-bond acceptors (Lipinski definition) is 5. The molecule has 0 bridgehead atoms. The summed E-state index contributed by atoms with van der Waals surface area (Å²) in [5.41, 5.74) is 7.95. The molecule has 0 saturated heterocycles. The minimum atomic E-state index is 0.789. The van der Waals surface area contributed by atoms with E-state index in [-0.39, 0.29) is 0 Å². The van der Waals surface area contributed by atoms with E-state index in [0.717, 1.165) is 43.3 Å². The number of anilines is 2. The number of aromatic nitrogens is 3. The maximum atomic E-state index is 5.93. The zero-order valence-corrected chi connectivity index (χ0v) is 12.4. The summed E-state index contributed by atoms with van der Waals surface area (Å²) < 4.78 is 1.99. The normalized spacial score (nSPS) is 14.3. The molecule has 6 heteroatoms. The number of hydrogen-bond donors (Lipinski definition) is 1. The number of thioether (sulfide) groups is 1. The van der Waals surface area contributed by atoms with Crippen LogP contribution in [0, 0.1) is 0 Å². The molecule has 2 N–H and O–H groups in total. The van der Waals surface area contributed by atoms with Crippen LogP contribution in [-0.2, 0) is 13.1 Å². The number of benzene rings is 1. The first kappa shape index (κ1) is 13.3. The van der Waals surface area contributed by atoms with Crippen LogP contribution < -0.4 is 10.6 Å². The molecule has 5 nitrogen and oxygen atoms in total. The van der Waals surface area contributed by atoms with Crippen molar-refractivity contribution in [1.82, 2.24) is 14.8 Å². The van der Waals surface area contributed by atoms with E-state index >= 15 is 0 Å². The lowest BCUT2D eigenvalue weighted by Gasteiger charge is -2.30. The Bertz CT molecular complexity index is 595. The zero-order valence-electron chi connectivity index (χ0n) is 11.6. The van der Waals surface area contributed by atoms with E-state index in [9.17, 15) is 0 Å². The number of aryl methyl sites for hydroxylation is 1. The summed E-state index contributed by atoms with van der Waals surface area (Å²) in [6.45, 7) is 4.87. The molecule has 0 radical (unpaired) electrons. The van der Waals surface area contributed by atoms with Gasteiger partial charge in [-0.25, -0.2) is 9.67 Å². The summed E-state index contributed by atoms with van der Waals surface area (Å²) in [6, 6.07) is 6.13. The van der Waals surface area contributed by atoms with Gasteiger partial charge in [0.1, 0.15) is 12.2 Å². The molecule has 0 spiro atoms. The van der Waals surface area contributed by atoms with Crippen molar-refractivity contribution in [2.45, 2.75) is 31.3 Å². The molecule has 1 aliphatic heterocycles. The number of nitrogens with zero attached hydrogens (tertiary/aromatic N) is 4. The maximum Gasteiger partial charge on any atom is 0.146 e. The van der Waals surface area contributed by atoms with Gasteiger partial charge < -0.3 is 10.6 Å². The first-order valence-electron chi connectivity index (χ1n) is 6.92. The maximum absolute atomic E-state index is 5.93. The molecule has 1 aliphatic rings. The summed E-state index contributed by atoms with van der Waals surface area (Å²) in [6.07, 6.45) is 2.71. The van der Waals surface area contributed by atoms with E-state index in [1.165, 1.54) is 10.6 Å². The average molecular weight is 289 g/mol. The fraction of sp³-hybridized carbons (Fsp3) is 0.429. The van der Waals surface area contributed by atoms with Crippen LogP contribution in [-0.4, -0.2) is 27.1 Å². The largest absolute Gasteiger partial charge is 0.399 e. The highest BCUT2D eigenvalue weighted by molar-refractivity contribution is 7.99. The van der Waals surface area contributed by atoms with Gasteiger partial charge in [0, 0.05) is 29.4 Å². The second kappa shape index (κ2) is 5.75. The lowest BCUT2D eigenvalue weighted by molar-refractivity contribution is 0.562. The topological polar surface area (TPSA) is 60.0 Å². The monoisotopic (exact) mass is 289 g/mol. The summed E-state index contributed by atoms with van der Waals surface area (Å²) >= 11 is 1.89. The fourth-order valence-electron chi connectivity index (χ4n) is 2.43. The summed E-state index contributed by atoms with van der Waals surface area (Å²) in [5, 5.41) is 4.29. The van der Waals surface area contributed by atoms with E-state index in [1.54, 1.807) is 6.33 Å². The number of nitrogens with two attached hydrogens (primary N) is 1. The Balaban J connectivity index is 1.85. The fourth-order valence-corrected chi connectivity index (χ4v) is 3.47. The van der Waals surface area contributed by atoms with Gasteiger partial charge in [0.25, 0.3) is 0 Å². The average Bonchev–Trinajstić information content (AvgIpc) is 2.87. The molecule has 0 unspecified atom stereocenters. The van der Waals surface area contributed by atoms with Crippen molar-refractivity contribution in [1.29, 1.82) is 0 Å². The smallest absolute Gasteiger partial charge is 0.146 e. The van der Waals surface area contributed by atoms with Crippen molar-refractivity contribution in [3.63, 3.8) is 0 Å². The van der Waals surface area contributed by atoms with Gasteiger partial charge >= 0.3 is 0 Å². The Labute approximate surface area is 123 Å². The number of fused-ring (bicyclic) bond motifs is 1. The molecule has 0 amide bonds. The van der Waals surface area contributed by atoms with E-state index in [1.807, 2.05) is 22.5 Å². The van der Waals surface area contributed by atoms with Crippen LogP contribution in [0.4, 0.5) is 11.4 Å². The summed E-state index contributed by atoms with van der Waals surface area (Å²) in [5.74, 6) is 2.12. The van der Waals surface area contributed by atoms with Crippen LogP contribution in [0.3, 0.4) is 0 Å². The van der Waals surface area contributed by atoms with E-state index in [2.05, 4.69) is 34.0 Å². The molecule has 2 aromatic rings. The van der Waals surface area contributed by atoms with Crippen LogP contribution in [0.1, 0.15) is 19.2 Å². The lowest BCUT2D eigenvalue weighted by Crippen LogP contribution is -2.30. The highest BCUT2D eigenvalue weighted by atomic mass is 32.2. The molecule has 20 heavy (non-hydrogen) atoms. The molecule has 1 aromatic carbocycles. The Kier molecular flexibility index (Phi) is 3.82. The van der Waals surface area contributed by atoms with Crippen LogP contribution in [0.15, 0.2) is 29.4 Å². The number of rotatable bonds is 4. The van der Waals surface area contributed by atoms with Crippen molar-refractivity contribution >= 4 is 23.1 Å². The van der Waals surface area contributed by atoms with E-state index in [4.69, 9.17) is 5.73 Å². The van der Waals surface area contributed by atoms with Gasteiger partial charge in [-0.3, -0.25) is 0 Å². The number of nitrogen functional groups attached to an aromatic ring is 1. The van der Waals surface area contributed by atoms with E-state index in [0.29, 0.717) is 0 Å². The SMILES string of the molecule is CCCn1ncnc1CN1CCSc2ccc(N)cc21. The quantitative estimate of drug-likeness (QED) is 0.876. The molecule has 0 aliphatic carbocycles. The van der Waals surface area contributed by atoms with Crippen molar-refractivity contribution < 1.29 is 0 Å². The van der Waals surface area contributed by atoms with Crippen molar-refractivity contribution in [2.24, 2.45) is 0 Å². The van der Waals surface area contributed by atoms with Crippen LogP contribution in [0.5, 0.6) is 0 Å². The second-order valence-electron chi connectivity index (χ2n) is 4.90. The van der Waals surface area contributed by atoms with Gasteiger partial charge in [0.2, 0.25) is 0 Å². The zero-order chi connectivity index (χ0) is 13.9. The predicted octanol–water partition coefficient (Wildman–Crippen LogP) is 2.38. The van der Waals surface area contributed by atoms with Crippen LogP contribution in [0.25, 0.3) is 0 Å². The molecular formula is C14H19N5S. The molecule has 106 valence electrons. The third kappa shape index (κ3) is 2.60. The van der Waals surface area contributed by atoms with Gasteiger partial charge in [0.15, 0.2) is 0 Å². The molecule has 0 saturated carbocycles. The molecule has 1 aromatic heterocycles. The first-order valence-corrected chi connectivity index (χ1v) is 7.90. The Morgan fingerprint density at radius 1 is 1.40 bits per heavy atom. The first-order chi connectivity index (χ1) is 9.78. The highest BCUT2D eigenvalue weighted by Gasteiger charge is 2.19. The van der Waals surface area contributed by atoms with E-state index < -0.39 is 0 Å².